The highest BCUT2D eigenvalue weighted by molar-refractivity contribution is 5.92. The molecule has 0 spiro atoms. The Morgan fingerprint density at radius 2 is 0.778 bits per heavy atom. The highest BCUT2D eigenvalue weighted by Crippen LogP contribution is 2.17. The molecule has 6 N–H and O–H groups in total. The molecule has 0 aliphatic rings. The van der Waals surface area contributed by atoms with Crippen LogP contribution in [0, 0.1) is 17.8 Å². The van der Waals surface area contributed by atoms with Gasteiger partial charge in [-0.2, -0.15) is 0 Å². The molecule has 0 rings (SSSR count). The fourth-order valence-electron chi connectivity index (χ4n) is 5.26. The van der Waals surface area contributed by atoms with Crippen LogP contribution in [0.4, 0.5) is 4.79 Å². The van der Waals surface area contributed by atoms with E-state index < -0.39 is 52.2 Å². The summed E-state index contributed by atoms with van der Waals surface area (Å²) in [6.07, 6.45) is 0.484. The topological polar surface area (TPSA) is 210 Å². The van der Waals surface area contributed by atoms with E-state index in [1.54, 1.807) is 62.3 Å². The molecule has 54 heavy (non-hydrogen) atoms. The predicted octanol–water partition coefficient (Wildman–Crippen LogP) is 4.02. The van der Waals surface area contributed by atoms with Crippen molar-refractivity contribution in [1.82, 2.24) is 31.9 Å². The standard InChI is InChI=1S/C39H72N6O9/c1-23(2)26(17-20-29(46)44-38(12,13)33(50)42-28(25(5)6)19-22-31(48)53-16)40-32(49)37(10,11)43-30(47)21-18-27(24(3)4)41-34(51)39(14,15)45-35(52)54-36(7,8)9/h23-28H,17-22H2,1-16H3,(H,40,49)(H,41,51)(H,42,50)(H,43,47)(H,44,46)(H,45,52). The van der Waals surface area contributed by atoms with Gasteiger partial charge in [0.1, 0.15) is 22.2 Å². The van der Waals surface area contributed by atoms with E-state index in [2.05, 4.69) is 31.9 Å². The van der Waals surface area contributed by atoms with E-state index in [1.807, 2.05) is 41.5 Å². The number of nitrogens with one attached hydrogen (secondary N) is 6. The van der Waals surface area contributed by atoms with Gasteiger partial charge in [-0.05, 0) is 99.3 Å². The molecule has 15 nitrogen and oxygen atoms in total. The highest BCUT2D eigenvalue weighted by Gasteiger charge is 2.36. The Morgan fingerprint density at radius 3 is 1.06 bits per heavy atom. The molecule has 0 bridgehead atoms. The van der Waals surface area contributed by atoms with E-state index in [9.17, 15) is 33.6 Å². The van der Waals surface area contributed by atoms with Crippen LogP contribution in [-0.4, -0.2) is 89.1 Å². The summed E-state index contributed by atoms with van der Waals surface area (Å²) < 4.78 is 9.99. The van der Waals surface area contributed by atoms with Gasteiger partial charge in [0.15, 0.2) is 0 Å². The molecule has 3 unspecified atom stereocenters. The number of amides is 6. The maximum Gasteiger partial charge on any atom is 0.408 e. The maximum absolute atomic E-state index is 13.4. The molecule has 312 valence electrons. The van der Waals surface area contributed by atoms with Crippen LogP contribution >= 0.6 is 0 Å². The van der Waals surface area contributed by atoms with E-state index in [1.165, 1.54) is 7.11 Å². The first-order chi connectivity index (χ1) is 24.4. The number of rotatable bonds is 21. The van der Waals surface area contributed by atoms with Gasteiger partial charge in [0, 0.05) is 37.4 Å². The van der Waals surface area contributed by atoms with Crippen LogP contribution in [0.25, 0.3) is 0 Å². The van der Waals surface area contributed by atoms with E-state index in [0.29, 0.717) is 19.3 Å². The SMILES string of the molecule is COC(=O)CCC(NC(=O)C(C)(C)NC(=O)CCC(NC(=O)C(C)(C)NC(=O)CCC(NC(=O)C(C)(C)NC(=O)OC(C)(C)C)C(C)C)C(C)C)C(C)C. The van der Waals surface area contributed by atoms with Gasteiger partial charge >= 0.3 is 12.1 Å². The zero-order chi connectivity index (χ0) is 42.4. The van der Waals surface area contributed by atoms with Crippen molar-refractivity contribution >= 4 is 41.6 Å². The smallest absolute Gasteiger partial charge is 0.408 e. The molecule has 0 aliphatic carbocycles. The lowest BCUT2D eigenvalue weighted by molar-refractivity contribution is -0.141. The van der Waals surface area contributed by atoms with E-state index in [4.69, 9.17) is 9.47 Å². The summed E-state index contributed by atoms with van der Waals surface area (Å²) in [7, 11) is 1.31. The van der Waals surface area contributed by atoms with Crippen molar-refractivity contribution in [1.29, 1.82) is 0 Å². The fraction of sp³-hybridized carbons (Fsp3) is 0.821. The quantitative estimate of drug-likeness (QED) is 0.0931. The number of carbonyl (C=O) groups is 7. The lowest BCUT2D eigenvalue weighted by Crippen LogP contribution is -2.59. The van der Waals surface area contributed by atoms with E-state index in [-0.39, 0.29) is 66.7 Å². The summed E-state index contributed by atoms with van der Waals surface area (Å²) in [5, 5.41) is 17.0. The van der Waals surface area contributed by atoms with Gasteiger partial charge in [0.05, 0.1) is 7.11 Å². The second kappa shape index (κ2) is 21.3. The van der Waals surface area contributed by atoms with Crippen molar-refractivity contribution in [3.05, 3.63) is 0 Å². The summed E-state index contributed by atoms with van der Waals surface area (Å²) in [4.78, 5) is 89.7. The summed E-state index contributed by atoms with van der Waals surface area (Å²) in [5.41, 5.74) is -4.53. The monoisotopic (exact) mass is 769 g/mol. The molecule has 0 radical (unpaired) electrons. The van der Waals surface area contributed by atoms with Gasteiger partial charge in [-0.25, -0.2) is 4.79 Å². The number of alkyl carbamates (subject to hydrolysis) is 1. The van der Waals surface area contributed by atoms with Crippen LogP contribution in [0.1, 0.15) is 142 Å². The molecule has 0 saturated heterocycles. The molecule has 0 fully saturated rings. The molecular weight excluding hydrogens is 696 g/mol. The lowest BCUT2D eigenvalue weighted by Gasteiger charge is -2.32. The van der Waals surface area contributed by atoms with Crippen LogP contribution in [0.5, 0.6) is 0 Å². The average Bonchev–Trinajstić information content (AvgIpc) is 3.00. The van der Waals surface area contributed by atoms with Crippen molar-refractivity contribution in [3.63, 3.8) is 0 Å². The van der Waals surface area contributed by atoms with Crippen LogP contribution in [0.15, 0.2) is 0 Å². The number of hydrogen-bond acceptors (Lipinski definition) is 9. The van der Waals surface area contributed by atoms with Gasteiger partial charge in [0.2, 0.25) is 29.5 Å². The normalized spacial score (nSPS) is 14.1. The van der Waals surface area contributed by atoms with Crippen molar-refractivity contribution in [2.24, 2.45) is 17.8 Å². The number of methoxy groups -OCH3 is 1. The van der Waals surface area contributed by atoms with Crippen LogP contribution in [0.3, 0.4) is 0 Å². The molecule has 0 aliphatic heterocycles. The summed E-state index contributed by atoms with van der Waals surface area (Å²) in [6.45, 7) is 26.2. The Kier molecular flexibility index (Phi) is 19.7. The third kappa shape index (κ3) is 18.9. The zero-order valence-electron chi connectivity index (χ0n) is 35.9. The number of esters is 1. The second-order valence-electron chi connectivity index (χ2n) is 17.8. The van der Waals surface area contributed by atoms with Crippen molar-refractivity contribution < 1.29 is 43.0 Å². The molecule has 3 atom stereocenters. The lowest BCUT2D eigenvalue weighted by atomic mass is 9.94. The Balaban J connectivity index is 5.27. The zero-order valence-corrected chi connectivity index (χ0v) is 35.9. The van der Waals surface area contributed by atoms with Gasteiger partial charge in [-0.1, -0.05) is 41.5 Å². The second-order valence-corrected chi connectivity index (χ2v) is 17.8. The average molecular weight is 769 g/mol. The highest BCUT2D eigenvalue weighted by atomic mass is 16.6. The Hall–Kier alpha value is -3.91. The minimum Gasteiger partial charge on any atom is -0.469 e. The minimum absolute atomic E-state index is 0.0279. The summed E-state index contributed by atoms with van der Waals surface area (Å²) in [6, 6.07) is -1.09. The Bertz CT molecular complexity index is 1300. The third-order valence-corrected chi connectivity index (χ3v) is 9.04. The van der Waals surface area contributed by atoms with Gasteiger partial charge in [0.25, 0.3) is 0 Å². The third-order valence-electron chi connectivity index (χ3n) is 9.04. The molecular formula is C39H72N6O9. The molecule has 0 aromatic heterocycles. The van der Waals surface area contributed by atoms with Crippen molar-refractivity contribution in [2.75, 3.05) is 7.11 Å². The van der Waals surface area contributed by atoms with Gasteiger partial charge < -0.3 is 41.4 Å². The fourth-order valence-corrected chi connectivity index (χ4v) is 5.26. The van der Waals surface area contributed by atoms with Crippen LogP contribution in [0.2, 0.25) is 0 Å². The first-order valence-electron chi connectivity index (χ1n) is 19.1. The van der Waals surface area contributed by atoms with Gasteiger partial charge in [-0.3, -0.25) is 28.8 Å². The minimum atomic E-state index is -1.29. The van der Waals surface area contributed by atoms with Crippen molar-refractivity contribution in [2.45, 2.75) is 183 Å². The maximum atomic E-state index is 13.4. The number of hydrogen-bond donors (Lipinski definition) is 6. The first kappa shape index (κ1) is 50.1. The Labute approximate surface area is 323 Å². The first-order valence-corrected chi connectivity index (χ1v) is 19.1. The largest absolute Gasteiger partial charge is 0.469 e. The summed E-state index contributed by atoms with van der Waals surface area (Å²) >= 11 is 0. The molecule has 6 amide bonds. The summed E-state index contributed by atoms with van der Waals surface area (Å²) in [5.74, 6) is -2.38. The van der Waals surface area contributed by atoms with Crippen molar-refractivity contribution in [3.8, 4) is 0 Å². The predicted molar refractivity (Wildman–Crippen MR) is 208 cm³/mol. The van der Waals surface area contributed by atoms with E-state index in [0.717, 1.165) is 0 Å². The molecule has 0 aromatic carbocycles. The molecule has 0 saturated carbocycles. The van der Waals surface area contributed by atoms with Crippen LogP contribution < -0.4 is 31.9 Å². The van der Waals surface area contributed by atoms with E-state index >= 15 is 0 Å². The number of ether oxygens (including phenoxy) is 2. The van der Waals surface area contributed by atoms with Crippen LogP contribution in [-0.2, 0) is 38.2 Å². The molecule has 0 aromatic rings. The number of carbonyl (C=O) groups excluding carboxylic acids is 7. The van der Waals surface area contributed by atoms with Gasteiger partial charge in [-0.15, -0.1) is 0 Å². The Morgan fingerprint density at radius 1 is 0.481 bits per heavy atom. The molecule has 15 heteroatoms. The molecule has 0 heterocycles.